The lowest BCUT2D eigenvalue weighted by molar-refractivity contribution is -0.129. The first-order chi connectivity index (χ1) is 9.92. The van der Waals surface area contributed by atoms with Crippen LogP contribution in [0.5, 0.6) is 0 Å². The first-order valence-electron chi connectivity index (χ1n) is 6.69. The molecule has 3 atom stereocenters. The molecular weight excluding hydrogens is 266 g/mol. The summed E-state index contributed by atoms with van der Waals surface area (Å²) in [6.45, 7) is 4.01. The van der Waals surface area contributed by atoms with Crippen molar-refractivity contribution < 1.29 is 4.79 Å². The molecule has 1 aliphatic heterocycles. The van der Waals surface area contributed by atoms with Crippen LogP contribution in [0.2, 0.25) is 0 Å². The van der Waals surface area contributed by atoms with E-state index in [1.54, 1.807) is 17.9 Å². The van der Waals surface area contributed by atoms with Crippen LogP contribution in [-0.4, -0.2) is 29.6 Å². The van der Waals surface area contributed by atoms with E-state index in [2.05, 4.69) is 0 Å². The van der Waals surface area contributed by atoms with Gasteiger partial charge in [0, 0.05) is 31.8 Å². The Morgan fingerprint density at radius 3 is 2.52 bits per heavy atom. The fraction of sp³-hybridized carbons (Fsp3) is 0.533. The number of nitrogens with one attached hydrogen (secondary N) is 1. The molecule has 0 aromatic heterocycles. The van der Waals surface area contributed by atoms with Crippen LogP contribution in [0.25, 0.3) is 0 Å². The number of hydrogen-bond acceptors (Lipinski definition) is 5. The Labute approximate surface area is 123 Å². The zero-order chi connectivity index (χ0) is 15.8. The summed E-state index contributed by atoms with van der Waals surface area (Å²) in [4.78, 5) is 13.2. The number of rotatable bonds is 0. The molecule has 1 amide bonds. The van der Waals surface area contributed by atoms with E-state index in [1.165, 1.54) is 6.92 Å². The van der Waals surface area contributed by atoms with Gasteiger partial charge in [-0.15, -0.1) is 0 Å². The minimum absolute atomic E-state index is 0.0776. The van der Waals surface area contributed by atoms with E-state index in [4.69, 9.17) is 5.41 Å². The van der Waals surface area contributed by atoms with Crippen LogP contribution >= 0.6 is 0 Å². The van der Waals surface area contributed by atoms with Gasteiger partial charge < -0.3 is 10.3 Å². The standard InChI is InChI=1S/C15H15N5O/c1-9-13-6-20(10(2)21)4-3-11(13)12(5-16)14(19)15(9,7-17)8-18/h3,9,12-13,19H,4,6H2,1-2H3/t9-,12-,13+/m1/s1. The van der Waals surface area contributed by atoms with Gasteiger partial charge in [-0.3, -0.25) is 4.79 Å². The molecule has 0 spiro atoms. The van der Waals surface area contributed by atoms with E-state index < -0.39 is 17.3 Å². The highest BCUT2D eigenvalue weighted by molar-refractivity contribution is 6.00. The molecule has 0 radical (unpaired) electrons. The van der Waals surface area contributed by atoms with Crippen LogP contribution in [0.4, 0.5) is 0 Å². The quantitative estimate of drug-likeness (QED) is 0.672. The highest BCUT2D eigenvalue weighted by atomic mass is 16.2. The van der Waals surface area contributed by atoms with Crippen LogP contribution in [0.1, 0.15) is 13.8 Å². The Morgan fingerprint density at radius 1 is 1.43 bits per heavy atom. The second-order valence-electron chi connectivity index (χ2n) is 5.53. The zero-order valence-electron chi connectivity index (χ0n) is 11.9. The number of carbonyl (C=O) groups is 1. The van der Waals surface area contributed by atoms with E-state index in [-0.39, 0.29) is 17.5 Å². The SMILES string of the molecule is CC(=O)N1CC=C2[C@@H](C#N)C(=N)C(C#N)(C#N)[C@H](C)[C@@H]2C1. The molecule has 1 fully saturated rings. The normalized spacial score (nSPS) is 30.2. The molecule has 1 saturated carbocycles. The van der Waals surface area contributed by atoms with Gasteiger partial charge >= 0.3 is 0 Å². The summed E-state index contributed by atoms with van der Waals surface area (Å²) in [5, 5.41) is 36.4. The molecule has 0 bridgehead atoms. The average molecular weight is 281 g/mol. The maximum Gasteiger partial charge on any atom is 0.219 e. The largest absolute Gasteiger partial charge is 0.339 e. The number of carbonyl (C=O) groups excluding carboxylic acids is 1. The predicted molar refractivity (Wildman–Crippen MR) is 73.5 cm³/mol. The lowest BCUT2D eigenvalue weighted by Gasteiger charge is -2.46. The van der Waals surface area contributed by atoms with Crippen molar-refractivity contribution in [1.82, 2.24) is 4.90 Å². The minimum Gasteiger partial charge on any atom is -0.339 e. The Balaban J connectivity index is 2.55. The fourth-order valence-electron chi connectivity index (χ4n) is 3.25. The van der Waals surface area contributed by atoms with Crippen LogP contribution in [-0.2, 0) is 4.79 Å². The van der Waals surface area contributed by atoms with E-state index in [0.717, 1.165) is 5.57 Å². The van der Waals surface area contributed by atoms with Gasteiger partial charge in [-0.2, -0.15) is 15.8 Å². The Kier molecular flexibility index (Phi) is 3.54. The van der Waals surface area contributed by atoms with Gasteiger partial charge in [0.05, 0.1) is 23.9 Å². The molecule has 0 aromatic carbocycles. The second-order valence-corrected chi connectivity index (χ2v) is 5.53. The fourth-order valence-corrected chi connectivity index (χ4v) is 3.25. The van der Waals surface area contributed by atoms with Gasteiger partial charge in [0.2, 0.25) is 5.91 Å². The molecule has 1 N–H and O–H groups in total. The van der Waals surface area contributed by atoms with Crippen LogP contribution in [0.15, 0.2) is 11.6 Å². The first kappa shape index (κ1) is 14.8. The lowest BCUT2D eigenvalue weighted by Crippen LogP contribution is -2.53. The summed E-state index contributed by atoms with van der Waals surface area (Å²) >= 11 is 0. The number of hydrogen-bond donors (Lipinski definition) is 1. The number of fused-ring (bicyclic) bond motifs is 1. The first-order valence-corrected chi connectivity index (χ1v) is 6.69. The van der Waals surface area contributed by atoms with Crippen LogP contribution in [0, 0.1) is 62.6 Å². The topological polar surface area (TPSA) is 116 Å². The molecule has 6 nitrogen and oxygen atoms in total. The molecule has 106 valence electrons. The van der Waals surface area contributed by atoms with Crippen molar-refractivity contribution in [3.8, 4) is 18.2 Å². The van der Waals surface area contributed by atoms with Crippen molar-refractivity contribution in [3.05, 3.63) is 11.6 Å². The molecule has 2 rings (SSSR count). The molecule has 1 heterocycles. The number of nitrogens with zero attached hydrogens (tertiary/aromatic N) is 4. The summed E-state index contributed by atoms with van der Waals surface area (Å²) in [5.41, 5.74) is -0.961. The van der Waals surface area contributed by atoms with Crippen molar-refractivity contribution in [2.24, 2.45) is 23.2 Å². The predicted octanol–water partition coefficient (Wildman–Crippen LogP) is 1.23. The summed E-state index contributed by atoms with van der Waals surface area (Å²) < 4.78 is 0. The van der Waals surface area contributed by atoms with Crippen molar-refractivity contribution >= 4 is 11.6 Å². The smallest absolute Gasteiger partial charge is 0.219 e. The Morgan fingerprint density at radius 2 is 2.05 bits per heavy atom. The van der Waals surface area contributed by atoms with Gasteiger partial charge in [-0.05, 0) is 5.57 Å². The third-order valence-electron chi connectivity index (χ3n) is 4.65. The third kappa shape index (κ3) is 1.90. The van der Waals surface area contributed by atoms with Crippen LogP contribution < -0.4 is 0 Å². The maximum atomic E-state index is 11.6. The molecule has 2 aliphatic rings. The van der Waals surface area contributed by atoms with Gasteiger partial charge in [-0.1, -0.05) is 13.0 Å². The van der Waals surface area contributed by atoms with Crippen LogP contribution in [0.3, 0.4) is 0 Å². The van der Waals surface area contributed by atoms with Gasteiger partial charge in [0.1, 0.15) is 5.92 Å². The van der Waals surface area contributed by atoms with Crippen molar-refractivity contribution in [2.45, 2.75) is 13.8 Å². The van der Waals surface area contributed by atoms with Gasteiger partial charge in [-0.25, -0.2) is 0 Å². The molecule has 1 aliphatic carbocycles. The molecule has 0 aromatic rings. The van der Waals surface area contributed by atoms with Crippen molar-refractivity contribution in [2.75, 3.05) is 13.1 Å². The lowest BCUT2D eigenvalue weighted by atomic mass is 9.56. The Hall–Kier alpha value is -2.65. The highest BCUT2D eigenvalue weighted by Crippen LogP contribution is 2.48. The maximum absolute atomic E-state index is 11.6. The number of nitriles is 3. The second kappa shape index (κ2) is 5.04. The Bertz CT molecular complexity index is 643. The third-order valence-corrected chi connectivity index (χ3v) is 4.65. The van der Waals surface area contributed by atoms with E-state index in [0.29, 0.717) is 13.1 Å². The van der Waals surface area contributed by atoms with E-state index in [1.807, 2.05) is 18.2 Å². The van der Waals surface area contributed by atoms with Gasteiger partial charge in [0.15, 0.2) is 5.41 Å². The molecule has 0 saturated heterocycles. The zero-order valence-corrected chi connectivity index (χ0v) is 11.9. The van der Waals surface area contributed by atoms with Crippen molar-refractivity contribution in [1.29, 1.82) is 21.2 Å². The monoisotopic (exact) mass is 281 g/mol. The molecule has 0 unspecified atom stereocenters. The average Bonchev–Trinajstić information content (AvgIpc) is 2.49. The summed E-state index contributed by atoms with van der Waals surface area (Å²) in [6, 6.07) is 5.92. The van der Waals surface area contributed by atoms with Crippen molar-refractivity contribution in [3.63, 3.8) is 0 Å². The summed E-state index contributed by atoms with van der Waals surface area (Å²) in [5.74, 6) is -1.59. The summed E-state index contributed by atoms with van der Waals surface area (Å²) in [6.07, 6.45) is 1.80. The molecule has 6 heteroatoms. The number of amides is 1. The molecular formula is C15H15N5O. The van der Waals surface area contributed by atoms with E-state index >= 15 is 0 Å². The highest BCUT2D eigenvalue weighted by Gasteiger charge is 2.55. The minimum atomic E-state index is -1.60. The van der Waals surface area contributed by atoms with E-state index in [9.17, 15) is 20.6 Å². The molecule has 21 heavy (non-hydrogen) atoms. The summed E-state index contributed by atoms with van der Waals surface area (Å²) in [7, 11) is 0. The van der Waals surface area contributed by atoms with Gasteiger partial charge in [0.25, 0.3) is 0 Å².